The summed E-state index contributed by atoms with van der Waals surface area (Å²) in [6.45, 7) is 2.19. The number of carboxylic acids is 1. The van der Waals surface area contributed by atoms with Crippen LogP contribution in [-0.4, -0.2) is 31.3 Å². The fraction of sp³-hybridized carbons (Fsp3) is 0.286. The minimum atomic E-state index is -0.953. The van der Waals surface area contributed by atoms with Gasteiger partial charge in [-0.15, -0.1) is 0 Å². The summed E-state index contributed by atoms with van der Waals surface area (Å²) in [7, 11) is 1.61. The molecule has 0 unspecified atom stereocenters. The minimum absolute atomic E-state index is 0.695. The summed E-state index contributed by atoms with van der Waals surface area (Å²) in [4.78, 5) is 13.7. The highest BCUT2D eigenvalue weighted by Gasteiger charge is 2.12. The molecule has 0 saturated carbocycles. The van der Waals surface area contributed by atoms with Crippen LogP contribution in [-0.2, 0) is 4.79 Å². The largest absolute Gasteiger partial charge is 0.497 e. The quantitative estimate of drug-likeness (QED) is 0.831. The lowest BCUT2D eigenvalue weighted by Gasteiger charge is -2.29. The number of carboxylic acid groups (broad SMARTS) is 1. The molecule has 1 saturated heterocycles. The van der Waals surface area contributed by atoms with Gasteiger partial charge in [0.2, 0.25) is 0 Å². The number of anilines is 1. The fourth-order valence-electron chi connectivity index (χ4n) is 3.23. The van der Waals surface area contributed by atoms with E-state index in [-0.39, 0.29) is 0 Å². The number of rotatable bonds is 5. The van der Waals surface area contributed by atoms with Gasteiger partial charge in [-0.2, -0.15) is 0 Å². The number of hydrogen-bond acceptors (Lipinski definition) is 3. The maximum atomic E-state index is 11.3. The molecule has 130 valence electrons. The zero-order chi connectivity index (χ0) is 17.6. The van der Waals surface area contributed by atoms with Gasteiger partial charge in [-0.05, 0) is 60.2 Å². The summed E-state index contributed by atoms with van der Waals surface area (Å²) >= 11 is 0. The summed E-state index contributed by atoms with van der Waals surface area (Å²) in [5, 5.41) is 9.26. The zero-order valence-electron chi connectivity index (χ0n) is 14.4. The zero-order valence-corrected chi connectivity index (χ0v) is 14.4. The Morgan fingerprint density at radius 3 is 2.04 bits per heavy atom. The lowest BCUT2D eigenvalue weighted by atomic mass is 9.97. The van der Waals surface area contributed by atoms with Crippen molar-refractivity contribution in [3.05, 3.63) is 65.7 Å². The first-order valence-corrected chi connectivity index (χ1v) is 8.62. The van der Waals surface area contributed by atoms with Gasteiger partial charge in [0.25, 0.3) is 0 Å². The molecule has 1 aliphatic heterocycles. The molecule has 4 heteroatoms. The van der Waals surface area contributed by atoms with E-state index >= 15 is 0 Å². The third-order valence-corrected chi connectivity index (χ3v) is 4.57. The van der Waals surface area contributed by atoms with E-state index in [9.17, 15) is 9.90 Å². The summed E-state index contributed by atoms with van der Waals surface area (Å²) in [6, 6.07) is 15.6. The number of carbonyl (C=O) groups is 1. The van der Waals surface area contributed by atoms with Crippen molar-refractivity contribution in [1.29, 1.82) is 0 Å². The first-order chi connectivity index (χ1) is 12.2. The van der Waals surface area contributed by atoms with E-state index in [1.165, 1.54) is 31.0 Å². The van der Waals surface area contributed by atoms with Crippen molar-refractivity contribution in [1.82, 2.24) is 0 Å². The molecular formula is C21H23NO3. The van der Waals surface area contributed by atoms with Gasteiger partial charge in [0.15, 0.2) is 0 Å². The van der Waals surface area contributed by atoms with Crippen LogP contribution >= 0.6 is 0 Å². The normalized spacial score (nSPS) is 15.1. The molecule has 0 spiro atoms. The molecular weight excluding hydrogens is 314 g/mol. The molecule has 1 heterocycles. The summed E-state index contributed by atoms with van der Waals surface area (Å²) in [6.07, 6.45) is 5.03. The van der Waals surface area contributed by atoms with Crippen LogP contribution in [0.1, 0.15) is 30.4 Å². The number of aliphatic carboxylic acids is 1. The van der Waals surface area contributed by atoms with E-state index in [0.717, 1.165) is 30.0 Å². The molecule has 0 aromatic heterocycles. The number of piperidine rings is 1. The van der Waals surface area contributed by atoms with Crippen LogP contribution in [0.4, 0.5) is 5.69 Å². The van der Waals surface area contributed by atoms with Crippen LogP contribution < -0.4 is 9.64 Å². The Morgan fingerprint density at radius 1 is 0.960 bits per heavy atom. The van der Waals surface area contributed by atoms with Crippen molar-refractivity contribution in [2.75, 3.05) is 25.1 Å². The third-order valence-electron chi connectivity index (χ3n) is 4.57. The Hall–Kier alpha value is -2.75. The Kier molecular flexibility index (Phi) is 5.39. The minimum Gasteiger partial charge on any atom is -0.497 e. The van der Waals surface area contributed by atoms with Crippen LogP contribution in [0.3, 0.4) is 0 Å². The van der Waals surface area contributed by atoms with Crippen molar-refractivity contribution in [3.8, 4) is 5.75 Å². The summed E-state index contributed by atoms with van der Waals surface area (Å²) in [5.74, 6) is -0.204. The predicted molar refractivity (Wildman–Crippen MR) is 100 cm³/mol. The lowest BCUT2D eigenvalue weighted by molar-refractivity contribution is -0.131. The highest BCUT2D eigenvalue weighted by molar-refractivity contribution is 5.95. The average Bonchev–Trinajstić information content (AvgIpc) is 2.67. The molecule has 25 heavy (non-hydrogen) atoms. The summed E-state index contributed by atoms with van der Waals surface area (Å²) in [5.41, 5.74) is 3.65. The SMILES string of the molecule is COc1ccc(/C(=C/C(=O)O)c2ccc(N3CCCCC3)cc2)cc1. The van der Waals surface area contributed by atoms with Crippen LogP contribution in [0.15, 0.2) is 54.6 Å². The van der Waals surface area contributed by atoms with Crippen molar-refractivity contribution in [2.24, 2.45) is 0 Å². The van der Waals surface area contributed by atoms with E-state index in [1.807, 2.05) is 36.4 Å². The van der Waals surface area contributed by atoms with Gasteiger partial charge in [-0.1, -0.05) is 24.3 Å². The van der Waals surface area contributed by atoms with Gasteiger partial charge in [0.1, 0.15) is 5.75 Å². The summed E-state index contributed by atoms with van der Waals surface area (Å²) < 4.78 is 5.18. The molecule has 1 aliphatic rings. The van der Waals surface area contributed by atoms with Crippen molar-refractivity contribution < 1.29 is 14.6 Å². The van der Waals surface area contributed by atoms with Crippen LogP contribution in [0.25, 0.3) is 5.57 Å². The van der Waals surface area contributed by atoms with Gasteiger partial charge < -0.3 is 14.7 Å². The van der Waals surface area contributed by atoms with Gasteiger partial charge in [0.05, 0.1) is 7.11 Å². The lowest BCUT2D eigenvalue weighted by Crippen LogP contribution is -2.29. The fourth-order valence-corrected chi connectivity index (χ4v) is 3.23. The number of benzene rings is 2. The number of ether oxygens (including phenoxy) is 1. The Bertz CT molecular complexity index is 742. The molecule has 0 radical (unpaired) electrons. The van der Waals surface area contributed by atoms with Gasteiger partial charge in [-0.25, -0.2) is 4.79 Å². The molecule has 0 aliphatic carbocycles. The average molecular weight is 337 g/mol. The molecule has 0 amide bonds. The maximum Gasteiger partial charge on any atom is 0.328 e. The number of hydrogen-bond donors (Lipinski definition) is 1. The molecule has 0 atom stereocenters. The maximum absolute atomic E-state index is 11.3. The second-order valence-electron chi connectivity index (χ2n) is 6.22. The van der Waals surface area contributed by atoms with E-state index in [1.54, 1.807) is 7.11 Å². The van der Waals surface area contributed by atoms with E-state index in [0.29, 0.717) is 5.57 Å². The molecule has 3 rings (SSSR count). The molecule has 4 nitrogen and oxygen atoms in total. The third kappa shape index (κ3) is 4.21. The molecule has 1 N–H and O–H groups in total. The molecule has 2 aromatic rings. The van der Waals surface area contributed by atoms with Crippen molar-refractivity contribution in [3.63, 3.8) is 0 Å². The Balaban J connectivity index is 1.89. The molecule has 0 bridgehead atoms. The first kappa shape index (κ1) is 17.1. The second-order valence-corrected chi connectivity index (χ2v) is 6.22. The smallest absolute Gasteiger partial charge is 0.328 e. The first-order valence-electron chi connectivity index (χ1n) is 8.62. The molecule has 1 fully saturated rings. The highest BCUT2D eigenvalue weighted by Crippen LogP contribution is 2.28. The van der Waals surface area contributed by atoms with Gasteiger partial charge in [0, 0.05) is 24.9 Å². The monoisotopic (exact) mass is 337 g/mol. The number of nitrogens with zero attached hydrogens (tertiary/aromatic N) is 1. The Morgan fingerprint density at radius 2 is 1.52 bits per heavy atom. The van der Waals surface area contributed by atoms with Crippen LogP contribution in [0.5, 0.6) is 5.75 Å². The van der Waals surface area contributed by atoms with Crippen LogP contribution in [0, 0.1) is 0 Å². The second kappa shape index (κ2) is 7.88. The van der Waals surface area contributed by atoms with Gasteiger partial charge >= 0.3 is 5.97 Å². The topological polar surface area (TPSA) is 49.8 Å². The van der Waals surface area contributed by atoms with Crippen LogP contribution in [0.2, 0.25) is 0 Å². The number of methoxy groups -OCH3 is 1. The van der Waals surface area contributed by atoms with E-state index in [2.05, 4.69) is 17.0 Å². The van der Waals surface area contributed by atoms with E-state index < -0.39 is 5.97 Å². The Labute approximate surface area is 148 Å². The van der Waals surface area contributed by atoms with Crippen molar-refractivity contribution in [2.45, 2.75) is 19.3 Å². The predicted octanol–water partition coefficient (Wildman–Crippen LogP) is 4.20. The van der Waals surface area contributed by atoms with E-state index in [4.69, 9.17) is 4.74 Å². The van der Waals surface area contributed by atoms with Gasteiger partial charge in [-0.3, -0.25) is 0 Å². The standard InChI is InChI=1S/C21H23NO3/c1-25-19-11-7-17(8-12-19)20(15-21(23)24)16-5-9-18(10-6-16)22-13-3-2-4-14-22/h5-12,15H,2-4,13-14H2,1H3,(H,23,24)/b20-15+. The van der Waals surface area contributed by atoms with Crippen molar-refractivity contribution >= 4 is 17.2 Å². The highest BCUT2D eigenvalue weighted by atomic mass is 16.5. The molecule has 2 aromatic carbocycles.